The molecule has 114 valence electrons. The van der Waals surface area contributed by atoms with E-state index in [1.54, 1.807) is 13.0 Å². The third-order valence-corrected chi connectivity index (χ3v) is 3.52. The van der Waals surface area contributed by atoms with Crippen molar-refractivity contribution in [2.24, 2.45) is 0 Å². The van der Waals surface area contributed by atoms with Crippen molar-refractivity contribution in [3.05, 3.63) is 22.7 Å². The molecule has 0 bridgehead atoms. The zero-order chi connectivity index (χ0) is 15.4. The molecule has 1 atom stereocenters. The molecule has 1 fully saturated rings. The maximum atomic E-state index is 12.0. The van der Waals surface area contributed by atoms with E-state index in [1.807, 2.05) is 0 Å². The molecule has 1 aliphatic rings. The van der Waals surface area contributed by atoms with E-state index >= 15 is 0 Å². The number of ether oxygens (including phenoxy) is 1. The number of anilines is 2. The van der Waals surface area contributed by atoms with Crippen LogP contribution >= 0.6 is 11.6 Å². The van der Waals surface area contributed by atoms with Crippen LogP contribution in [-0.2, 0) is 9.53 Å². The third kappa shape index (κ3) is 3.78. The molecule has 1 heterocycles. The van der Waals surface area contributed by atoms with Crippen LogP contribution in [0.4, 0.5) is 11.4 Å². The molecule has 4 N–H and O–H groups in total. The number of benzene rings is 1. The van der Waals surface area contributed by atoms with Gasteiger partial charge in [-0.1, -0.05) is 11.6 Å². The molecule has 1 aromatic rings. The highest BCUT2D eigenvalue weighted by Crippen LogP contribution is 2.31. The Labute approximate surface area is 128 Å². The molecule has 0 spiro atoms. The number of hydrogen-bond acceptors (Lipinski definition) is 5. The first-order valence-electron chi connectivity index (χ1n) is 6.80. The van der Waals surface area contributed by atoms with Crippen LogP contribution in [0, 0.1) is 0 Å². The average Bonchev–Trinajstić information content (AvgIpc) is 2.44. The van der Waals surface area contributed by atoms with Crippen LogP contribution in [0.5, 0.6) is 0 Å². The third-order valence-electron chi connectivity index (χ3n) is 3.22. The van der Waals surface area contributed by atoms with Gasteiger partial charge in [0.05, 0.1) is 22.9 Å². The van der Waals surface area contributed by atoms with Crippen molar-refractivity contribution in [1.82, 2.24) is 5.32 Å². The number of nitrogens with one attached hydrogen (secondary N) is 2. The summed E-state index contributed by atoms with van der Waals surface area (Å²) in [5.74, 6) is -0.448. The molecule has 6 nitrogen and oxygen atoms in total. The Kier molecular flexibility index (Phi) is 4.90. The molecule has 1 unspecified atom stereocenters. The number of rotatable bonds is 4. The van der Waals surface area contributed by atoms with Gasteiger partial charge in [-0.2, -0.15) is 0 Å². The maximum Gasteiger partial charge on any atom is 0.340 e. The lowest BCUT2D eigenvalue weighted by atomic mass is 10.1. The van der Waals surface area contributed by atoms with E-state index in [2.05, 4.69) is 10.6 Å². The summed E-state index contributed by atoms with van der Waals surface area (Å²) < 4.78 is 5.02. The van der Waals surface area contributed by atoms with Crippen molar-refractivity contribution in [2.75, 3.05) is 24.2 Å². The summed E-state index contributed by atoms with van der Waals surface area (Å²) in [5.41, 5.74) is 6.93. The Morgan fingerprint density at radius 1 is 1.57 bits per heavy atom. The molecule has 2 rings (SSSR count). The van der Waals surface area contributed by atoms with Crippen LogP contribution < -0.4 is 16.4 Å². The number of nitrogens with two attached hydrogens (primary N) is 1. The molecular formula is C14H18ClN3O3. The second kappa shape index (κ2) is 6.67. The second-order valence-electron chi connectivity index (χ2n) is 4.83. The Bertz CT molecular complexity index is 553. The topological polar surface area (TPSA) is 93.4 Å². The Hall–Kier alpha value is -1.95. The quantitative estimate of drug-likeness (QED) is 0.582. The van der Waals surface area contributed by atoms with Gasteiger partial charge in [0.25, 0.3) is 0 Å². The summed E-state index contributed by atoms with van der Waals surface area (Å²) in [6.45, 7) is 2.49. The highest BCUT2D eigenvalue weighted by atomic mass is 35.5. The fourth-order valence-electron chi connectivity index (χ4n) is 2.20. The zero-order valence-electron chi connectivity index (χ0n) is 11.7. The first-order valence-corrected chi connectivity index (χ1v) is 7.18. The van der Waals surface area contributed by atoms with Crippen molar-refractivity contribution in [3.8, 4) is 0 Å². The molecule has 0 radical (unpaired) electrons. The van der Waals surface area contributed by atoms with Gasteiger partial charge in [-0.05, 0) is 25.5 Å². The molecule has 1 saturated heterocycles. The lowest BCUT2D eigenvalue weighted by Gasteiger charge is -2.26. The van der Waals surface area contributed by atoms with E-state index in [9.17, 15) is 9.59 Å². The molecule has 0 aromatic heterocycles. The van der Waals surface area contributed by atoms with Crippen LogP contribution in [0.25, 0.3) is 0 Å². The van der Waals surface area contributed by atoms with Crippen LogP contribution in [0.1, 0.15) is 30.1 Å². The number of hydrogen-bond donors (Lipinski definition) is 3. The molecular weight excluding hydrogens is 294 g/mol. The van der Waals surface area contributed by atoms with Gasteiger partial charge in [-0.3, -0.25) is 4.79 Å². The van der Waals surface area contributed by atoms with Crippen molar-refractivity contribution in [3.63, 3.8) is 0 Å². The predicted octanol–water partition coefficient (Wildman–Crippen LogP) is 1.79. The van der Waals surface area contributed by atoms with Gasteiger partial charge in [-0.25, -0.2) is 4.79 Å². The number of carbonyl (C=O) groups is 2. The van der Waals surface area contributed by atoms with Gasteiger partial charge in [0, 0.05) is 24.7 Å². The van der Waals surface area contributed by atoms with E-state index < -0.39 is 5.97 Å². The largest absolute Gasteiger partial charge is 0.462 e. The van der Waals surface area contributed by atoms with E-state index in [-0.39, 0.29) is 18.6 Å². The minimum atomic E-state index is -0.478. The zero-order valence-corrected chi connectivity index (χ0v) is 12.5. The summed E-state index contributed by atoms with van der Waals surface area (Å²) in [6, 6.07) is 3.12. The summed E-state index contributed by atoms with van der Waals surface area (Å²) >= 11 is 6.19. The maximum absolute atomic E-state index is 12.0. The monoisotopic (exact) mass is 311 g/mol. The van der Waals surface area contributed by atoms with Crippen LogP contribution in [0.15, 0.2) is 12.1 Å². The number of carbonyl (C=O) groups excluding carboxylic acids is 2. The fourth-order valence-corrected chi connectivity index (χ4v) is 2.49. The number of esters is 1. The Balaban J connectivity index is 2.24. The minimum Gasteiger partial charge on any atom is -0.462 e. The molecule has 0 aliphatic carbocycles. The highest BCUT2D eigenvalue weighted by Gasteiger charge is 2.22. The van der Waals surface area contributed by atoms with E-state index in [4.69, 9.17) is 22.1 Å². The van der Waals surface area contributed by atoms with Crippen molar-refractivity contribution >= 4 is 34.9 Å². The lowest BCUT2D eigenvalue weighted by Crippen LogP contribution is -2.42. The number of halogens is 1. The predicted molar refractivity (Wildman–Crippen MR) is 81.5 cm³/mol. The fraction of sp³-hybridized carbons (Fsp3) is 0.429. The number of piperidine rings is 1. The van der Waals surface area contributed by atoms with Gasteiger partial charge in [0.2, 0.25) is 5.91 Å². The average molecular weight is 312 g/mol. The van der Waals surface area contributed by atoms with Gasteiger partial charge >= 0.3 is 5.97 Å². The van der Waals surface area contributed by atoms with Crippen molar-refractivity contribution in [1.29, 1.82) is 0 Å². The Morgan fingerprint density at radius 3 is 2.95 bits per heavy atom. The molecule has 1 amide bonds. The smallest absolute Gasteiger partial charge is 0.340 e. The first kappa shape index (κ1) is 15.4. The van der Waals surface area contributed by atoms with E-state index in [0.717, 1.165) is 0 Å². The van der Waals surface area contributed by atoms with Crippen molar-refractivity contribution < 1.29 is 14.3 Å². The Morgan fingerprint density at radius 2 is 2.33 bits per heavy atom. The summed E-state index contributed by atoms with van der Waals surface area (Å²) in [7, 11) is 0. The molecule has 21 heavy (non-hydrogen) atoms. The molecule has 1 aromatic carbocycles. The lowest BCUT2D eigenvalue weighted by molar-refractivity contribution is -0.122. The van der Waals surface area contributed by atoms with Crippen LogP contribution in [0.2, 0.25) is 5.02 Å². The number of nitrogen functional groups attached to an aromatic ring is 1. The van der Waals surface area contributed by atoms with E-state index in [0.29, 0.717) is 41.3 Å². The summed E-state index contributed by atoms with van der Waals surface area (Å²) in [6.07, 6.45) is 1.12. The SMILES string of the molecule is CCOC(=O)c1cc(N)cc(Cl)c1NC1CCC(=O)NC1. The summed E-state index contributed by atoms with van der Waals surface area (Å²) in [4.78, 5) is 23.2. The summed E-state index contributed by atoms with van der Waals surface area (Å²) in [5, 5.41) is 6.33. The van der Waals surface area contributed by atoms with E-state index in [1.165, 1.54) is 6.07 Å². The van der Waals surface area contributed by atoms with Gasteiger partial charge in [0.1, 0.15) is 0 Å². The molecule has 1 aliphatic heterocycles. The van der Waals surface area contributed by atoms with Crippen LogP contribution in [-0.4, -0.2) is 31.1 Å². The van der Waals surface area contributed by atoms with Gasteiger partial charge < -0.3 is 21.1 Å². The van der Waals surface area contributed by atoms with Gasteiger partial charge in [0.15, 0.2) is 0 Å². The first-order chi connectivity index (χ1) is 10.0. The van der Waals surface area contributed by atoms with Crippen LogP contribution in [0.3, 0.4) is 0 Å². The molecule has 7 heteroatoms. The van der Waals surface area contributed by atoms with Crippen molar-refractivity contribution in [2.45, 2.75) is 25.8 Å². The second-order valence-corrected chi connectivity index (χ2v) is 5.24. The molecule has 0 saturated carbocycles. The standard InChI is InChI=1S/C14H18ClN3O3/c1-2-21-14(20)10-5-8(16)6-11(15)13(10)18-9-3-4-12(19)17-7-9/h5-6,9,18H,2-4,7,16H2,1H3,(H,17,19). The number of amides is 1. The minimum absolute atomic E-state index is 0.0111. The highest BCUT2D eigenvalue weighted by molar-refractivity contribution is 6.34. The normalized spacial score (nSPS) is 18.0. The van der Waals surface area contributed by atoms with Gasteiger partial charge in [-0.15, -0.1) is 0 Å².